The lowest BCUT2D eigenvalue weighted by Crippen LogP contribution is -2.07. The number of rotatable bonds is 3. The van der Waals surface area contributed by atoms with Crippen LogP contribution in [0.15, 0.2) is 33.5 Å². The zero-order chi connectivity index (χ0) is 14.1. The summed E-state index contributed by atoms with van der Waals surface area (Å²) >= 11 is 6.92. The molecule has 0 spiro atoms. The molecule has 3 rings (SSSR count). The van der Waals surface area contributed by atoms with Gasteiger partial charge >= 0.3 is 0 Å². The van der Waals surface area contributed by atoms with Crippen LogP contribution in [0.4, 0.5) is 5.69 Å². The van der Waals surface area contributed by atoms with Crippen molar-refractivity contribution in [3.05, 3.63) is 45.0 Å². The van der Waals surface area contributed by atoms with Crippen LogP contribution in [0.5, 0.6) is 0 Å². The maximum absolute atomic E-state index is 4.41. The fourth-order valence-corrected chi connectivity index (χ4v) is 2.99. The van der Waals surface area contributed by atoms with E-state index in [9.17, 15) is 0 Å². The van der Waals surface area contributed by atoms with E-state index in [4.69, 9.17) is 0 Å². The molecule has 3 heterocycles. The third-order valence-corrected chi connectivity index (χ3v) is 3.94. The number of nitrogens with one attached hydrogen (secondary N) is 1. The van der Waals surface area contributed by atoms with Crippen molar-refractivity contribution in [2.45, 2.75) is 13.5 Å². The Balaban J connectivity index is 1.89. The van der Waals surface area contributed by atoms with Gasteiger partial charge in [-0.15, -0.1) is 10.2 Å². The van der Waals surface area contributed by atoms with E-state index in [1.54, 1.807) is 16.9 Å². The Morgan fingerprint density at radius 2 is 1.90 bits per heavy atom. The SMILES string of the molecule is Cc1ccc2nnc(CNc3c(Br)cncc3Br)n2n1. The summed E-state index contributed by atoms with van der Waals surface area (Å²) in [6.07, 6.45) is 3.47. The van der Waals surface area contributed by atoms with Gasteiger partial charge in [-0.25, -0.2) is 0 Å². The average Bonchev–Trinajstić information content (AvgIpc) is 2.81. The summed E-state index contributed by atoms with van der Waals surface area (Å²) in [4.78, 5) is 4.07. The highest BCUT2D eigenvalue weighted by Crippen LogP contribution is 2.29. The van der Waals surface area contributed by atoms with Crippen LogP contribution in [0.2, 0.25) is 0 Å². The van der Waals surface area contributed by atoms with Gasteiger partial charge in [0.15, 0.2) is 11.5 Å². The maximum atomic E-state index is 4.41. The molecule has 0 aliphatic rings. The van der Waals surface area contributed by atoms with Gasteiger partial charge in [-0.1, -0.05) is 0 Å². The van der Waals surface area contributed by atoms with Crippen LogP contribution < -0.4 is 5.32 Å². The Labute approximate surface area is 131 Å². The molecule has 102 valence electrons. The molecule has 0 unspecified atom stereocenters. The predicted molar refractivity (Wildman–Crippen MR) is 82.5 cm³/mol. The Bertz CT molecular complexity index is 749. The van der Waals surface area contributed by atoms with Crippen molar-refractivity contribution in [3.63, 3.8) is 0 Å². The lowest BCUT2D eigenvalue weighted by atomic mass is 10.4. The minimum absolute atomic E-state index is 0.513. The molecule has 8 heteroatoms. The van der Waals surface area contributed by atoms with Crippen LogP contribution in [0.25, 0.3) is 5.65 Å². The molecule has 0 fully saturated rings. The first-order valence-corrected chi connectivity index (χ1v) is 7.44. The molecule has 3 aromatic rings. The van der Waals surface area contributed by atoms with E-state index in [1.807, 2.05) is 19.1 Å². The molecule has 0 aliphatic carbocycles. The van der Waals surface area contributed by atoms with Gasteiger partial charge in [0, 0.05) is 12.4 Å². The third-order valence-electron chi connectivity index (χ3n) is 2.74. The number of hydrogen-bond donors (Lipinski definition) is 1. The molecule has 0 amide bonds. The molecule has 0 aromatic carbocycles. The molecular formula is C12H10Br2N6. The summed E-state index contributed by atoms with van der Waals surface area (Å²) < 4.78 is 3.50. The summed E-state index contributed by atoms with van der Waals surface area (Å²) in [6.45, 7) is 2.45. The molecule has 1 N–H and O–H groups in total. The second kappa shape index (κ2) is 5.45. The Morgan fingerprint density at radius 1 is 1.15 bits per heavy atom. The van der Waals surface area contributed by atoms with E-state index in [2.05, 4.69) is 57.5 Å². The zero-order valence-electron chi connectivity index (χ0n) is 10.5. The number of pyridine rings is 1. The zero-order valence-corrected chi connectivity index (χ0v) is 13.7. The molecule has 0 atom stereocenters. The number of nitrogens with zero attached hydrogens (tertiary/aromatic N) is 5. The summed E-state index contributed by atoms with van der Waals surface area (Å²) in [7, 11) is 0. The van der Waals surface area contributed by atoms with Crippen molar-refractivity contribution in [1.82, 2.24) is 24.8 Å². The second-order valence-corrected chi connectivity index (χ2v) is 5.90. The lowest BCUT2D eigenvalue weighted by Gasteiger charge is -2.09. The van der Waals surface area contributed by atoms with Gasteiger partial charge in [0.25, 0.3) is 0 Å². The van der Waals surface area contributed by atoms with E-state index >= 15 is 0 Å². The van der Waals surface area contributed by atoms with Gasteiger partial charge in [-0.2, -0.15) is 9.61 Å². The number of aromatic nitrogens is 5. The molecule has 0 saturated carbocycles. The van der Waals surface area contributed by atoms with Gasteiger partial charge in [0.2, 0.25) is 0 Å². The van der Waals surface area contributed by atoms with Crippen molar-refractivity contribution in [2.24, 2.45) is 0 Å². The fraction of sp³-hybridized carbons (Fsp3) is 0.167. The number of aryl methyl sites for hydroxylation is 1. The van der Waals surface area contributed by atoms with Crippen molar-refractivity contribution in [1.29, 1.82) is 0 Å². The minimum Gasteiger partial charge on any atom is -0.376 e. The lowest BCUT2D eigenvalue weighted by molar-refractivity contribution is 0.812. The smallest absolute Gasteiger partial charge is 0.177 e. The van der Waals surface area contributed by atoms with Gasteiger partial charge in [0.05, 0.1) is 26.9 Å². The van der Waals surface area contributed by atoms with Crippen molar-refractivity contribution in [2.75, 3.05) is 5.32 Å². The average molecular weight is 398 g/mol. The third kappa shape index (κ3) is 2.53. The van der Waals surface area contributed by atoms with Gasteiger partial charge < -0.3 is 5.32 Å². The number of anilines is 1. The standard InChI is InChI=1S/C12H10Br2N6/c1-7-2-3-10-17-18-11(20(10)19-7)6-16-12-8(13)4-15-5-9(12)14/h2-5H,6H2,1H3,(H,15,16). The molecule has 3 aromatic heterocycles. The maximum Gasteiger partial charge on any atom is 0.177 e. The second-order valence-electron chi connectivity index (χ2n) is 4.19. The van der Waals surface area contributed by atoms with Crippen molar-refractivity contribution < 1.29 is 0 Å². The highest BCUT2D eigenvalue weighted by atomic mass is 79.9. The molecule has 6 nitrogen and oxygen atoms in total. The van der Waals surface area contributed by atoms with E-state index < -0.39 is 0 Å². The van der Waals surface area contributed by atoms with Crippen LogP contribution in [-0.4, -0.2) is 24.8 Å². The van der Waals surface area contributed by atoms with E-state index in [0.29, 0.717) is 6.54 Å². The number of halogens is 2. The van der Waals surface area contributed by atoms with Crippen LogP contribution in [0, 0.1) is 6.92 Å². The molecular weight excluding hydrogens is 388 g/mol. The minimum atomic E-state index is 0.513. The van der Waals surface area contributed by atoms with Crippen LogP contribution >= 0.6 is 31.9 Å². The van der Waals surface area contributed by atoms with Crippen molar-refractivity contribution >= 4 is 43.2 Å². The topological polar surface area (TPSA) is 68.0 Å². The highest BCUT2D eigenvalue weighted by molar-refractivity contribution is 9.11. The number of hydrogen-bond acceptors (Lipinski definition) is 5. The quantitative estimate of drug-likeness (QED) is 0.735. The molecule has 0 radical (unpaired) electrons. The summed E-state index contributed by atoms with van der Waals surface area (Å²) in [6, 6.07) is 3.81. The van der Waals surface area contributed by atoms with Crippen LogP contribution in [0.3, 0.4) is 0 Å². The summed E-state index contributed by atoms with van der Waals surface area (Å²) in [5.41, 5.74) is 2.58. The van der Waals surface area contributed by atoms with Gasteiger partial charge in [-0.05, 0) is 50.9 Å². The normalized spacial score (nSPS) is 10.9. The fourth-order valence-electron chi connectivity index (χ4n) is 1.78. The van der Waals surface area contributed by atoms with Gasteiger partial charge in [0.1, 0.15) is 0 Å². The molecule has 0 saturated heterocycles. The largest absolute Gasteiger partial charge is 0.376 e. The first kappa shape index (κ1) is 13.4. The van der Waals surface area contributed by atoms with Crippen LogP contribution in [-0.2, 0) is 6.54 Å². The Hall–Kier alpha value is -1.54. The van der Waals surface area contributed by atoms with Gasteiger partial charge in [-0.3, -0.25) is 4.98 Å². The first-order valence-electron chi connectivity index (χ1n) is 5.86. The Kier molecular flexibility index (Phi) is 3.66. The Morgan fingerprint density at radius 3 is 2.65 bits per heavy atom. The van der Waals surface area contributed by atoms with E-state index in [0.717, 1.165) is 31.8 Å². The summed E-state index contributed by atoms with van der Waals surface area (Å²) in [5.74, 6) is 0.749. The van der Waals surface area contributed by atoms with Crippen LogP contribution in [0.1, 0.15) is 11.5 Å². The van der Waals surface area contributed by atoms with E-state index in [1.165, 1.54) is 0 Å². The first-order chi connectivity index (χ1) is 9.65. The predicted octanol–water partition coefficient (Wildman–Crippen LogP) is 2.96. The molecule has 20 heavy (non-hydrogen) atoms. The summed E-state index contributed by atoms with van der Waals surface area (Å²) in [5, 5.41) is 16.0. The molecule has 0 aliphatic heterocycles. The highest BCUT2D eigenvalue weighted by Gasteiger charge is 2.09. The number of fused-ring (bicyclic) bond motifs is 1. The van der Waals surface area contributed by atoms with E-state index in [-0.39, 0.29) is 0 Å². The molecule has 0 bridgehead atoms. The monoisotopic (exact) mass is 396 g/mol. The van der Waals surface area contributed by atoms with Crippen molar-refractivity contribution in [3.8, 4) is 0 Å².